The van der Waals surface area contributed by atoms with Gasteiger partial charge in [-0.2, -0.15) is 0 Å². The lowest BCUT2D eigenvalue weighted by Gasteiger charge is -2.04. The van der Waals surface area contributed by atoms with Crippen LogP contribution in [-0.2, 0) is 4.79 Å². The number of carboxylic acid groups (broad SMARTS) is 1. The van der Waals surface area contributed by atoms with E-state index in [0.717, 1.165) is 0 Å². The molecule has 0 aliphatic carbocycles. The molecule has 0 aliphatic heterocycles. The molecule has 0 aliphatic rings. The van der Waals surface area contributed by atoms with E-state index >= 15 is 0 Å². The molecule has 1 unspecified atom stereocenters. The minimum absolute atomic E-state index is 0.178. The molecule has 0 amide bonds. The summed E-state index contributed by atoms with van der Waals surface area (Å²) in [6, 6.07) is -0.930. The quantitative estimate of drug-likeness (QED) is 0.515. The highest BCUT2D eigenvalue weighted by Gasteiger charge is 2.11. The molecule has 5 N–H and O–H groups in total. The molecule has 0 aromatic heterocycles. The molecular weight excluding hydrogens is 170 g/mol. The molecule has 0 bridgehead atoms. The van der Waals surface area contributed by atoms with Gasteiger partial charge in [-0.15, -0.1) is 0 Å². The Morgan fingerprint density at radius 2 is 2.31 bits per heavy atom. The molecule has 0 radical (unpaired) electrons. The average Bonchev–Trinajstić information content (AvgIpc) is 2.04. The van der Waals surface area contributed by atoms with E-state index in [1.54, 1.807) is 0 Å². The number of rotatable bonds is 5. The van der Waals surface area contributed by atoms with Crippen molar-refractivity contribution in [1.29, 1.82) is 0 Å². The monoisotopic (exact) mass is 183 g/mol. The standard InChI is InChI=1S/C8H13N3O2/c1-6(5-11-3-2-9)4-7(10)8(12)13/h2-3,5,7H,1,4,9-10H2,(H,12,13)/b3-2-,11-5-. The van der Waals surface area contributed by atoms with Gasteiger partial charge in [0.15, 0.2) is 0 Å². The van der Waals surface area contributed by atoms with Crippen LogP contribution in [0, 0.1) is 0 Å². The Hall–Kier alpha value is -1.62. The first-order chi connectivity index (χ1) is 6.07. The largest absolute Gasteiger partial charge is 0.480 e. The summed E-state index contributed by atoms with van der Waals surface area (Å²) in [7, 11) is 0. The molecule has 0 heterocycles. The fourth-order valence-electron chi connectivity index (χ4n) is 0.621. The van der Waals surface area contributed by atoms with Crippen LogP contribution in [0.25, 0.3) is 0 Å². The molecule has 0 saturated carbocycles. The summed E-state index contributed by atoms with van der Waals surface area (Å²) < 4.78 is 0. The highest BCUT2D eigenvalue weighted by molar-refractivity contribution is 5.81. The minimum Gasteiger partial charge on any atom is -0.480 e. The van der Waals surface area contributed by atoms with Crippen LogP contribution in [-0.4, -0.2) is 23.3 Å². The van der Waals surface area contributed by atoms with Crippen molar-refractivity contribution in [1.82, 2.24) is 0 Å². The molecule has 5 heteroatoms. The Morgan fingerprint density at radius 1 is 1.69 bits per heavy atom. The van der Waals surface area contributed by atoms with Gasteiger partial charge in [-0.3, -0.25) is 9.79 Å². The smallest absolute Gasteiger partial charge is 0.320 e. The lowest BCUT2D eigenvalue weighted by molar-refractivity contribution is -0.138. The second-order valence-corrected chi connectivity index (χ2v) is 2.43. The Morgan fingerprint density at radius 3 is 2.77 bits per heavy atom. The van der Waals surface area contributed by atoms with Gasteiger partial charge in [0.25, 0.3) is 0 Å². The number of hydrogen-bond acceptors (Lipinski definition) is 4. The topological polar surface area (TPSA) is 102 Å². The van der Waals surface area contributed by atoms with Gasteiger partial charge in [0.2, 0.25) is 0 Å². The fraction of sp³-hybridized carbons (Fsp3) is 0.250. The average molecular weight is 183 g/mol. The molecule has 1 atom stereocenters. The number of aliphatic imine (C=N–C) groups is 1. The predicted octanol–water partition coefficient (Wildman–Crippen LogP) is -0.155. The summed E-state index contributed by atoms with van der Waals surface area (Å²) in [6.45, 7) is 3.58. The molecule has 0 aromatic carbocycles. The molecule has 0 rings (SSSR count). The van der Waals surface area contributed by atoms with Crippen molar-refractivity contribution >= 4 is 12.2 Å². The Kier molecular flexibility index (Phi) is 5.22. The van der Waals surface area contributed by atoms with Crippen LogP contribution in [0.3, 0.4) is 0 Å². The fourth-order valence-corrected chi connectivity index (χ4v) is 0.621. The lowest BCUT2D eigenvalue weighted by Crippen LogP contribution is -2.30. The van der Waals surface area contributed by atoms with E-state index < -0.39 is 12.0 Å². The van der Waals surface area contributed by atoms with E-state index in [9.17, 15) is 4.79 Å². The zero-order valence-corrected chi connectivity index (χ0v) is 7.18. The second-order valence-electron chi connectivity index (χ2n) is 2.43. The van der Waals surface area contributed by atoms with Gasteiger partial charge in [-0.05, 0) is 12.0 Å². The van der Waals surface area contributed by atoms with Crippen LogP contribution in [0.15, 0.2) is 29.5 Å². The van der Waals surface area contributed by atoms with Gasteiger partial charge in [0, 0.05) is 18.6 Å². The van der Waals surface area contributed by atoms with Crippen molar-refractivity contribution in [2.24, 2.45) is 16.5 Å². The SMILES string of the molecule is C=C(/C=N\C=C/N)CC(N)C(=O)O. The number of carbonyl (C=O) groups is 1. The van der Waals surface area contributed by atoms with Gasteiger partial charge in [-0.1, -0.05) is 6.58 Å². The number of nitrogens with two attached hydrogens (primary N) is 2. The summed E-state index contributed by atoms with van der Waals surface area (Å²) in [5, 5.41) is 8.46. The van der Waals surface area contributed by atoms with Gasteiger partial charge < -0.3 is 16.6 Å². The van der Waals surface area contributed by atoms with E-state index in [-0.39, 0.29) is 6.42 Å². The van der Waals surface area contributed by atoms with Crippen molar-refractivity contribution in [3.05, 3.63) is 24.6 Å². The molecule has 5 nitrogen and oxygen atoms in total. The van der Waals surface area contributed by atoms with Crippen LogP contribution in [0.5, 0.6) is 0 Å². The maximum atomic E-state index is 10.3. The predicted molar refractivity (Wildman–Crippen MR) is 51.2 cm³/mol. The molecule has 0 aromatic rings. The van der Waals surface area contributed by atoms with Gasteiger partial charge in [0.1, 0.15) is 6.04 Å². The number of aliphatic carboxylic acids is 1. The third-order valence-corrected chi connectivity index (χ3v) is 1.23. The molecular formula is C8H13N3O2. The maximum Gasteiger partial charge on any atom is 0.320 e. The highest BCUT2D eigenvalue weighted by Crippen LogP contribution is 1.98. The molecule has 0 spiro atoms. The zero-order valence-electron chi connectivity index (χ0n) is 7.18. The Bertz CT molecular complexity index is 246. The second kappa shape index (κ2) is 5.96. The first-order valence-corrected chi connectivity index (χ1v) is 3.64. The van der Waals surface area contributed by atoms with Crippen LogP contribution >= 0.6 is 0 Å². The van der Waals surface area contributed by atoms with E-state index in [1.807, 2.05) is 0 Å². The Labute approximate surface area is 76.4 Å². The van der Waals surface area contributed by atoms with Crippen molar-refractivity contribution in [2.45, 2.75) is 12.5 Å². The highest BCUT2D eigenvalue weighted by atomic mass is 16.4. The van der Waals surface area contributed by atoms with Gasteiger partial charge in [0.05, 0.1) is 0 Å². The van der Waals surface area contributed by atoms with Crippen molar-refractivity contribution in [3.63, 3.8) is 0 Å². The minimum atomic E-state index is -1.05. The summed E-state index contributed by atoms with van der Waals surface area (Å²) in [4.78, 5) is 14.0. The third-order valence-electron chi connectivity index (χ3n) is 1.23. The van der Waals surface area contributed by atoms with E-state index in [2.05, 4.69) is 11.6 Å². The summed E-state index contributed by atoms with van der Waals surface area (Å²) in [6.07, 6.45) is 4.24. The van der Waals surface area contributed by atoms with Crippen molar-refractivity contribution < 1.29 is 9.90 Å². The maximum absolute atomic E-state index is 10.3. The van der Waals surface area contributed by atoms with Crippen molar-refractivity contribution in [3.8, 4) is 0 Å². The van der Waals surface area contributed by atoms with Crippen molar-refractivity contribution in [2.75, 3.05) is 0 Å². The summed E-state index contributed by atoms with van der Waals surface area (Å²) in [5.74, 6) is -1.05. The van der Waals surface area contributed by atoms with E-state index in [4.69, 9.17) is 16.6 Å². The summed E-state index contributed by atoms with van der Waals surface area (Å²) in [5.41, 5.74) is 10.8. The first kappa shape index (κ1) is 11.4. The van der Waals surface area contributed by atoms with E-state index in [0.29, 0.717) is 5.57 Å². The number of carboxylic acids is 1. The van der Waals surface area contributed by atoms with Crippen LogP contribution in [0.1, 0.15) is 6.42 Å². The molecule has 0 saturated heterocycles. The van der Waals surface area contributed by atoms with Crippen LogP contribution < -0.4 is 11.5 Å². The summed E-state index contributed by atoms with van der Waals surface area (Å²) >= 11 is 0. The Balaban J connectivity index is 3.94. The number of nitrogens with zero attached hydrogens (tertiary/aromatic N) is 1. The molecule has 72 valence electrons. The van der Waals surface area contributed by atoms with E-state index in [1.165, 1.54) is 18.6 Å². The third kappa shape index (κ3) is 5.63. The first-order valence-electron chi connectivity index (χ1n) is 3.64. The van der Waals surface area contributed by atoms with Gasteiger partial charge >= 0.3 is 5.97 Å². The number of hydrogen-bond donors (Lipinski definition) is 3. The zero-order chi connectivity index (χ0) is 10.3. The van der Waals surface area contributed by atoms with Crippen LogP contribution in [0.2, 0.25) is 0 Å². The molecule has 13 heavy (non-hydrogen) atoms. The molecule has 0 fully saturated rings. The van der Waals surface area contributed by atoms with Crippen LogP contribution in [0.4, 0.5) is 0 Å². The normalized spacial score (nSPS) is 13.6. The lowest BCUT2D eigenvalue weighted by atomic mass is 10.1. The van der Waals surface area contributed by atoms with Gasteiger partial charge in [-0.25, -0.2) is 0 Å².